The Kier molecular flexibility index (Phi) is 42.7. The number of aliphatic hydroxyl groups excluding tert-OH is 7. The average Bonchev–Trinajstić information content (AvgIpc) is 3.39. The number of carbonyl (C=O) groups excluding carboxylic acids is 1. The zero-order chi connectivity index (χ0) is 53.0. The molecule has 0 aliphatic carbocycles. The Morgan fingerprint density at radius 2 is 0.849 bits per heavy atom. The molecular formula is C59H108O14. The number of carbonyl (C=O) groups is 1. The first-order chi connectivity index (χ1) is 35.6. The molecule has 0 aromatic heterocycles. The summed E-state index contributed by atoms with van der Waals surface area (Å²) in [5, 5.41) is 72.3. The molecule has 2 aliphatic rings. The Morgan fingerprint density at radius 3 is 1.33 bits per heavy atom. The average molecular weight is 1040 g/mol. The lowest BCUT2D eigenvalue weighted by Gasteiger charge is -2.42. The number of ether oxygens (including phenoxy) is 6. The van der Waals surface area contributed by atoms with Gasteiger partial charge in [-0.25, -0.2) is 0 Å². The van der Waals surface area contributed by atoms with Crippen molar-refractivity contribution in [3.8, 4) is 0 Å². The summed E-state index contributed by atoms with van der Waals surface area (Å²) >= 11 is 0. The summed E-state index contributed by atoms with van der Waals surface area (Å²) < 4.78 is 34.4. The van der Waals surface area contributed by atoms with E-state index in [9.17, 15) is 40.5 Å². The van der Waals surface area contributed by atoms with Gasteiger partial charge in [0, 0.05) is 13.0 Å². The molecule has 2 aliphatic heterocycles. The van der Waals surface area contributed by atoms with Crippen LogP contribution >= 0.6 is 0 Å². The van der Waals surface area contributed by atoms with Crippen LogP contribution in [0, 0.1) is 0 Å². The third-order valence-corrected chi connectivity index (χ3v) is 14.2. The summed E-state index contributed by atoms with van der Waals surface area (Å²) in [5.74, 6) is -0.375. The molecule has 0 spiro atoms. The third-order valence-electron chi connectivity index (χ3n) is 14.2. The molecule has 428 valence electrons. The van der Waals surface area contributed by atoms with Crippen molar-refractivity contribution in [1.29, 1.82) is 0 Å². The second kappa shape index (κ2) is 46.3. The Balaban J connectivity index is 1.70. The van der Waals surface area contributed by atoms with Gasteiger partial charge in [-0.05, 0) is 51.4 Å². The van der Waals surface area contributed by atoms with E-state index in [4.69, 9.17) is 28.4 Å². The molecule has 2 heterocycles. The first-order valence-electron chi connectivity index (χ1n) is 29.6. The number of aliphatic hydroxyl groups is 7. The van der Waals surface area contributed by atoms with Gasteiger partial charge in [0.1, 0.15) is 54.9 Å². The first kappa shape index (κ1) is 67.3. The van der Waals surface area contributed by atoms with E-state index < -0.39 is 80.7 Å². The van der Waals surface area contributed by atoms with Crippen LogP contribution in [0.2, 0.25) is 0 Å². The van der Waals surface area contributed by atoms with Crippen molar-refractivity contribution in [1.82, 2.24) is 0 Å². The molecule has 73 heavy (non-hydrogen) atoms. The van der Waals surface area contributed by atoms with E-state index in [1.165, 1.54) is 148 Å². The lowest BCUT2D eigenvalue weighted by Crippen LogP contribution is -2.61. The van der Waals surface area contributed by atoms with Crippen molar-refractivity contribution in [2.45, 2.75) is 300 Å². The highest BCUT2D eigenvalue weighted by atomic mass is 16.7. The zero-order valence-corrected chi connectivity index (χ0v) is 45.9. The second-order valence-corrected chi connectivity index (χ2v) is 20.8. The molecule has 14 heteroatoms. The molecule has 14 nitrogen and oxygen atoms in total. The minimum Gasteiger partial charge on any atom is -0.457 e. The van der Waals surface area contributed by atoms with E-state index in [1.54, 1.807) is 0 Å². The molecule has 2 saturated heterocycles. The topological polar surface area (TPSA) is 214 Å². The van der Waals surface area contributed by atoms with E-state index >= 15 is 0 Å². The summed E-state index contributed by atoms with van der Waals surface area (Å²) in [6.07, 6.45) is 37.7. The Bertz CT molecular complexity index is 1350. The fourth-order valence-corrected chi connectivity index (χ4v) is 9.35. The zero-order valence-electron chi connectivity index (χ0n) is 45.9. The Morgan fingerprint density at radius 1 is 0.452 bits per heavy atom. The number of unbranched alkanes of at least 4 members (excludes halogenated alkanes) is 28. The molecular weight excluding hydrogens is 933 g/mol. The van der Waals surface area contributed by atoms with Gasteiger partial charge in [-0.15, -0.1) is 0 Å². The van der Waals surface area contributed by atoms with Crippen molar-refractivity contribution >= 4 is 5.97 Å². The van der Waals surface area contributed by atoms with Crippen molar-refractivity contribution in [3.63, 3.8) is 0 Å². The first-order valence-corrected chi connectivity index (χ1v) is 29.6. The van der Waals surface area contributed by atoms with Gasteiger partial charge in [0.05, 0.1) is 26.4 Å². The summed E-state index contributed by atoms with van der Waals surface area (Å²) in [6, 6.07) is 0. The van der Waals surface area contributed by atoms with Crippen LogP contribution in [-0.4, -0.2) is 142 Å². The van der Waals surface area contributed by atoms with Gasteiger partial charge in [0.2, 0.25) is 0 Å². The number of rotatable bonds is 48. The van der Waals surface area contributed by atoms with E-state index in [2.05, 4.69) is 50.3 Å². The van der Waals surface area contributed by atoms with Crippen LogP contribution in [0.15, 0.2) is 36.5 Å². The van der Waals surface area contributed by atoms with E-state index in [0.29, 0.717) is 13.0 Å². The minimum atomic E-state index is -1.71. The van der Waals surface area contributed by atoms with Crippen LogP contribution in [0.5, 0.6) is 0 Å². The van der Waals surface area contributed by atoms with Gasteiger partial charge in [-0.1, -0.05) is 211 Å². The maximum atomic E-state index is 13.1. The lowest BCUT2D eigenvalue weighted by atomic mass is 9.98. The van der Waals surface area contributed by atoms with Gasteiger partial charge < -0.3 is 64.2 Å². The van der Waals surface area contributed by atoms with Gasteiger partial charge in [0.25, 0.3) is 0 Å². The van der Waals surface area contributed by atoms with Crippen LogP contribution in [0.3, 0.4) is 0 Å². The highest BCUT2D eigenvalue weighted by Crippen LogP contribution is 2.27. The normalized spacial score (nSPS) is 25.2. The monoisotopic (exact) mass is 1040 g/mol. The molecule has 11 atom stereocenters. The molecule has 0 aromatic rings. The number of hydrogen-bond acceptors (Lipinski definition) is 14. The molecule has 0 amide bonds. The molecule has 2 fully saturated rings. The second-order valence-electron chi connectivity index (χ2n) is 20.8. The maximum absolute atomic E-state index is 13.1. The highest BCUT2D eigenvalue weighted by molar-refractivity contribution is 5.69. The van der Waals surface area contributed by atoms with E-state index in [0.717, 1.165) is 57.8 Å². The largest absolute Gasteiger partial charge is 0.457 e. The maximum Gasteiger partial charge on any atom is 0.306 e. The number of esters is 1. The van der Waals surface area contributed by atoms with Gasteiger partial charge in [0.15, 0.2) is 12.6 Å². The molecule has 0 bridgehead atoms. The third kappa shape index (κ3) is 33.2. The SMILES string of the molecule is CCCCCCC/C=C\C/C=C\C/C=C\CCCCCCCCCCCOCC(COC1OC(COC2OC(CO)C(O)C(O)C2O)C(O)C(O)C1O)OC(=O)CCCCCCCCCCCCCCCCC. The van der Waals surface area contributed by atoms with Crippen molar-refractivity contribution < 1.29 is 69.0 Å². The minimum absolute atomic E-state index is 0.0606. The molecule has 7 N–H and O–H groups in total. The predicted molar refractivity (Wildman–Crippen MR) is 289 cm³/mol. The number of allylic oxidation sites excluding steroid dienone is 6. The van der Waals surface area contributed by atoms with E-state index in [-0.39, 0.29) is 25.6 Å². The van der Waals surface area contributed by atoms with E-state index in [1.807, 2.05) is 0 Å². The quantitative estimate of drug-likeness (QED) is 0.0172. The van der Waals surface area contributed by atoms with Crippen LogP contribution in [0.4, 0.5) is 0 Å². The molecule has 0 radical (unpaired) electrons. The molecule has 2 rings (SSSR count). The summed E-state index contributed by atoms with van der Waals surface area (Å²) in [5.41, 5.74) is 0. The number of hydrogen-bond donors (Lipinski definition) is 7. The van der Waals surface area contributed by atoms with Crippen LogP contribution in [0.1, 0.15) is 232 Å². The standard InChI is InChI=1S/C59H108O14/c1-3-5-7-9-11-13-15-17-19-20-21-22-23-24-25-26-27-29-31-33-35-37-39-41-43-68-45-48(71-51(61)42-40-38-36-34-32-30-28-18-16-14-12-10-8-6-4-2)46-69-58-57(67)55(65)53(63)50(73-58)47-70-59-56(66)54(64)52(62)49(44-60)72-59/h15,17,20-21,23-24,48-50,52-60,62-67H,3-14,16,18-19,22,25-47H2,1-2H3/b17-15-,21-20-,24-23-. The highest BCUT2D eigenvalue weighted by Gasteiger charge is 2.47. The predicted octanol–water partition coefficient (Wildman–Crippen LogP) is 10.5. The molecule has 11 unspecified atom stereocenters. The smallest absolute Gasteiger partial charge is 0.306 e. The van der Waals surface area contributed by atoms with Gasteiger partial charge in [-0.3, -0.25) is 4.79 Å². The summed E-state index contributed by atoms with van der Waals surface area (Å²) in [6.45, 7) is 3.70. The van der Waals surface area contributed by atoms with Crippen molar-refractivity contribution in [3.05, 3.63) is 36.5 Å². The molecule has 0 aromatic carbocycles. The Hall–Kier alpha value is -1.79. The molecule has 0 saturated carbocycles. The van der Waals surface area contributed by atoms with Crippen molar-refractivity contribution in [2.24, 2.45) is 0 Å². The van der Waals surface area contributed by atoms with Gasteiger partial charge in [-0.2, -0.15) is 0 Å². The lowest BCUT2D eigenvalue weighted by molar-refractivity contribution is -0.332. The van der Waals surface area contributed by atoms with Crippen LogP contribution in [-0.2, 0) is 33.2 Å². The summed E-state index contributed by atoms with van der Waals surface area (Å²) in [4.78, 5) is 13.1. The fraction of sp³-hybridized carbons (Fsp3) is 0.881. The van der Waals surface area contributed by atoms with Crippen LogP contribution in [0.25, 0.3) is 0 Å². The van der Waals surface area contributed by atoms with Crippen LogP contribution < -0.4 is 0 Å². The van der Waals surface area contributed by atoms with Crippen molar-refractivity contribution in [2.75, 3.05) is 33.0 Å². The Labute approximate surface area is 442 Å². The summed E-state index contributed by atoms with van der Waals surface area (Å²) in [7, 11) is 0. The fourth-order valence-electron chi connectivity index (χ4n) is 9.35. The van der Waals surface area contributed by atoms with Gasteiger partial charge >= 0.3 is 5.97 Å².